The molecular weight excluding hydrogens is 399 g/mol. The van der Waals surface area contributed by atoms with Gasteiger partial charge in [0, 0.05) is 12.5 Å². The van der Waals surface area contributed by atoms with Gasteiger partial charge in [0.2, 0.25) is 5.60 Å². The zero-order chi connectivity index (χ0) is 21.4. The van der Waals surface area contributed by atoms with E-state index in [4.69, 9.17) is 0 Å². The largest absolute Gasteiger partial charge is 0.424 e. The van der Waals surface area contributed by atoms with Crippen LogP contribution >= 0.6 is 0 Å². The summed E-state index contributed by atoms with van der Waals surface area (Å²) in [4.78, 5) is 18.9. The molecule has 1 amide bonds. The number of alkyl halides is 3. The van der Waals surface area contributed by atoms with Crippen molar-refractivity contribution in [1.29, 1.82) is 0 Å². The van der Waals surface area contributed by atoms with Gasteiger partial charge in [-0.15, -0.1) is 0 Å². The molecule has 2 atom stereocenters. The summed E-state index contributed by atoms with van der Waals surface area (Å²) in [6.45, 7) is 2.81. The molecule has 2 aromatic rings. The number of nitrogens with zero attached hydrogens (tertiary/aromatic N) is 5. The fourth-order valence-electron chi connectivity index (χ4n) is 4.22. The van der Waals surface area contributed by atoms with Crippen molar-refractivity contribution in [2.45, 2.75) is 75.9 Å². The highest BCUT2D eigenvalue weighted by atomic mass is 19.4. The van der Waals surface area contributed by atoms with Crippen LogP contribution in [0.15, 0.2) is 12.3 Å². The number of halogens is 3. The van der Waals surface area contributed by atoms with E-state index < -0.39 is 23.6 Å². The topological polar surface area (TPSA) is 76.2 Å². The first-order valence-electron chi connectivity index (χ1n) is 10.3. The maximum Gasteiger partial charge on any atom is 0.424 e. The Bertz CT molecular complexity index is 1000. The number of aliphatic hydroxyl groups is 1. The van der Waals surface area contributed by atoms with Crippen molar-refractivity contribution < 1.29 is 23.1 Å². The second-order valence-corrected chi connectivity index (χ2v) is 8.95. The molecule has 7 nitrogen and oxygen atoms in total. The second kappa shape index (κ2) is 6.32. The third-order valence-electron chi connectivity index (χ3n) is 6.29. The number of rotatable bonds is 4. The van der Waals surface area contributed by atoms with E-state index in [-0.39, 0.29) is 25.0 Å². The van der Waals surface area contributed by atoms with Crippen LogP contribution in [0.4, 0.5) is 13.2 Å². The molecule has 3 aliphatic rings. The minimum atomic E-state index is -4.85. The SMILES string of the molecule is C[C@H]1CN(C(=O)c2cc(C3CC3)nn2C2CC2)Cc2cnc(C(C)(O)C(F)(F)F)n21. The van der Waals surface area contributed by atoms with Gasteiger partial charge in [-0.2, -0.15) is 18.3 Å². The standard InChI is InChI=1S/C20H24F3N5O2/c1-11-9-26(10-14-8-24-18(27(11)14)19(2,30)20(21,22)23)17(29)16-7-15(12-3-4-12)25-28(16)13-5-6-13/h7-8,11-13,30H,3-6,9-10H2,1-2H3/t11-,19?/m0/s1. The van der Waals surface area contributed by atoms with Gasteiger partial charge < -0.3 is 14.6 Å². The van der Waals surface area contributed by atoms with Crippen LogP contribution in [0.2, 0.25) is 0 Å². The maximum absolute atomic E-state index is 13.3. The Labute approximate surface area is 171 Å². The van der Waals surface area contributed by atoms with Crippen LogP contribution in [0.3, 0.4) is 0 Å². The summed E-state index contributed by atoms with van der Waals surface area (Å²) in [6.07, 6.45) is 0.668. The van der Waals surface area contributed by atoms with Crippen molar-refractivity contribution >= 4 is 5.91 Å². The van der Waals surface area contributed by atoms with E-state index in [9.17, 15) is 23.1 Å². The minimum absolute atomic E-state index is 0.138. The number of hydrogen-bond donors (Lipinski definition) is 1. The van der Waals surface area contributed by atoms with Gasteiger partial charge in [0.15, 0.2) is 5.82 Å². The van der Waals surface area contributed by atoms with Crippen molar-refractivity contribution in [2.24, 2.45) is 0 Å². The number of carbonyl (C=O) groups is 1. The number of carbonyl (C=O) groups excluding carboxylic acids is 1. The van der Waals surface area contributed by atoms with Crippen LogP contribution in [-0.4, -0.2) is 48.0 Å². The maximum atomic E-state index is 13.3. The Balaban J connectivity index is 1.44. The van der Waals surface area contributed by atoms with E-state index in [0.717, 1.165) is 31.4 Å². The zero-order valence-corrected chi connectivity index (χ0v) is 16.9. The van der Waals surface area contributed by atoms with Crippen LogP contribution in [-0.2, 0) is 12.1 Å². The smallest absolute Gasteiger partial charge is 0.374 e. The molecular formula is C20H24F3N5O2. The van der Waals surface area contributed by atoms with E-state index in [0.29, 0.717) is 24.2 Å². The normalized spacial score (nSPS) is 23.9. The van der Waals surface area contributed by atoms with Crippen molar-refractivity contribution in [1.82, 2.24) is 24.2 Å². The highest BCUT2D eigenvalue weighted by Gasteiger charge is 2.55. The first-order valence-corrected chi connectivity index (χ1v) is 10.3. The van der Waals surface area contributed by atoms with Crippen molar-refractivity contribution in [2.75, 3.05) is 6.54 Å². The molecule has 1 N–H and O–H groups in total. The van der Waals surface area contributed by atoms with Crippen LogP contribution in [0.25, 0.3) is 0 Å². The van der Waals surface area contributed by atoms with Crippen molar-refractivity contribution in [3.63, 3.8) is 0 Å². The molecule has 1 aliphatic heterocycles. The molecule has 0 bridgehead atoms. The Morgan fingerprint density at radius 2 is 1.93 bits per heavy atom. The van der Waals surface area contributed by atoms with Gasteiger partial charge >= 0.3 is 6.18 Å². The van der Waals surface area contributed by atoms with Crippen LogP contribution < -0.4 is 0 Å². The van der Waals surface area contributed by atoms with E-state index in [1.54, 1.807) is 11.8 Å². The molecule has 0 radical (unpaired) electrons. The predicted octanol–water partition coefficient (Wildman–Crippen LogP) is 3.28. The Morgan fingerprint density at radius 3 is 2.53 bits per heavy atom. The number of hydrogen-bond acceptors (Lipinski definition) is 4. The van der Waals surface area contributed by atoms with Crippen LogP contribution in [0.1, 0.15) is 85.2 Å². The predicted molar refractivity (Wildman–Crippen MR) is 99.8 cm³/mol. The fraction of sp³-hybridized carbons (Fsp3) is 0.650. The fourth-order valence-corrected chi connectivity index (χ4v) is 4.22. The molecule has 1 unspecified atom stereocenters. The zero-order valence-electron chi connectivity index (χ0n) is 16.9. The lowest BCUT2D eigenvalue weighted by atomic mass is 10.0. The Kier molecular flexibility index (Phi) is 4.13. The summed E-state index contributed by atoms with van der Waals surface area (Å²) < 4.78 is 43.3. The first-order chi connectivity index (χ1) is 14.1. The van der Waals surface area contributed by atoms with Crippen LogP contribution in [0.5, 0.6) is 0 Å². The lowest BCUT2D eigenvalue weighted by Gasteiger charge is -2.36. The summed E-state index contributed by atoms with van der Waals surface area (Å²) in [6, 6.07) is 1.69. The lowest BCUT2D eigenvalue weighted by molar-refractivity contribution is -0.263. The first kappa shape index (κ1) is 19.6. The summed E-state index contributed by atoms with van der Waals surface area (Å²) in [5.74, 6) is -0.168. The van der Waals surface area contributed by atoms with E-state index in [2.05, 4.69) is 10.1 Å². The number of imidazole rings is 1. The highest BCUT2D eigenvalue weighted by molar-refractivity contribution is 5.93. The van der Waals surface area contributed by atoms with E-state index in [1.807, 2.05) is 10.7 Å². The molecule has 2 aliphatic carbocycles. The second-order valence-electron chi connectivity index (χ2n) is 8.95. The molecule has 5 rings (SSSR count). The minimum Gasteiger partial charge on any atom is -0.374 e. The van der Waals surface area contributed by atoms with Gasteiger partial charge in [0.25, 0.3) is 5.91 Å². The average molecular weight is 423 g/mol. The molecule has 162 valence electrons. The summed E-state index contributed by atoms with van der Waals surface area (Å²) in [5, 5.41) is 14.8. The highest BCUT2D eigenvalue weighted by Crippen LogP contribution is 2.43. The van der Waals surface area contributed by atoms with Gasteiger partial charge in [0.05, 0.1) is 36.2 Å². The molecule has 2 saturated carbocycles. The van der Waals surface area contributed by atoms with Gasteiger partial charge in [-0.25, -0.2) is 4.98 Å². The molecule has 3 heterocycles. The monoisotopic (exact) mass is 423 g/mol. The molecule has 0 aromatic carbocycles. The number of aromatic nitrogens is 4. The van der Waals surface area contributed by atoms with Gasteiger partial charge in [-0.05, 0) is 45.6 Å². The lowest BCUT2D eigenvalue weighted by Crippen LogP contribution is -2.46. The summed E-state index contributed by atoms with van der Waals surface area (Å²) in [7, 11) is 0. The molecule has 2 fully saturated rings. The third-order valence-corrected chi connectivity index (χ3v) is 6.29. The molecule has 30 heavy (non-hydrogen) atoms. The van der Waals surface area contributed by atoms with E-state index >= 15 is 0 Å². The van der Waals surface area contributed by atoms with Gasteiger partial charge in [0.1, 0.15) is 5.69 Å². The summed E-state index contributed by atoms with van der Waals surface area (Å²) >= 11 is 0. The van der Waals surface area contributed by atoms with Crippen molar-refractivity contribution in [3.05, 3.63) is 35.2 Å². The number of amides is 1. The quantitative estimate of drug-likeness (QED) is 0.819. The average Bonchev–Trinajstić information content (AvgIpc) is 3.60. The van der Waals surface area contributed by atoms with Crippen molar-refractivity contribution in [3.8, 4) is 0 Å². The molecule has 0 spiro atoms. The Morgan fingerprint density at radius 1 is 1.23 bits per heavy atom. The third kappa shape index (κ3) is 3.03. The molecule has 10 heteroatoms. The van der Waals surface area contributed by atoms with Crippen LogP contribution in [0, 0.1) is 0 Å². The summed E-state index contributed by atoms with van der Waals surface area (Å²) in [5.41, 5.74) is -1.07. The Hall–Kier alpha value is -2.36. The molecule has 0 saturated heterocycles. The van der Waals surface area contributed by atoms with Gasteiger partial charge in [-0.3, -0.25) is 9.48 Å². The van der Waals surface area contributed by atoms with Gasteiger partial charge in [-0.1, -0.05) is 0 Å². The van der Waals surface area contributed by atoms with E-state index in [1.165, 1.54) is 10.8 Å². The number of fused-ring (bicyclic) bond motifs is 1. The molecule has 2 aromatic heterocycles.